The van der Waals surface area contributed by atoms with Gasteiger partial charge in [0, 0.05) is 5.69 Å². The Balaban J connectivity index is 1.48. The van der Waals surface area contributed by atoms with Crippen LogP contribution in [0, 0.1) is 35.5 Å². The second kappa shape index (κ2) is 6.58. The number of alkyl halides is 6. The van der Waals surface area contributed by atoms with Crippen LogP contribution in [0.2, 0.25) is 0 Å². The van der Waals surface area contributed by atoms with Crippen LogP contribution in [0.1, 0.15) is 12.0 Å². The lowest BCUT2D eigenvalue weighted by Crippen LogP contribution is -2.49. The van der Waals surface area contributed by atoms with Crippen molar-refractivity contribution in [2.24, 2.45) is 35.5 Å². The summed E-state index contributed by atoms with van der Waals surface area (Å²) in [6, 6.07) is 2.80. The van der Waals surface area contributed by atoms with Crippen LogP contribution in [-0.4, -0.2) is 35.5 Å². The zero-order chi connectivity index (χ0) is 23.2. The SMILES string of the molecule is O=C1[C@H]2[C@@H]3C=C[C@@H]([C@H]4C[C@H]34)[C@@H]2C(=O)N1CN(C(=O)C(F)(F)F)c1cccc(C(F)(F)F)c1. The van der Waals surface area contributed by atoms with Crippen molar-refractivity contribution in [2.75, 3.05) is 11.6 Å². The number of anilines is 1. The summed E-state index contributed by atoms with van der Waals surface area (Å²) < 4.78 is 79.0. The first-order chi connectivity index (χ1) is 14.9. The maximum absolute atomic E-state index is 13.3. The van der Waals surface area contributed by atoms with E-state index < -0.39 is 59.8 Å². The summed E-state index contributed by atoms with van der Waals surface area (Å²) in [6.07, 6.45) is -5.64. The lowest BCUT2D eigenvalue weighted by Gasteiger charge is -2.37. The minimum Gasteiger partial charge on any atom is -0.286 e. The predicted molar refractivity (Wildman–Crippen MR) is 96.4 cm³/mol. The number of halogens is 6. The number of allylic oxidation sites excluding steroid dienone is 2. The molecule has 1 aliphatic heterocycles. The molecule has 6 rings (SSSR count). The lowest BCUT2D eigenvalue weighted by atomic mass is 9.63. The fourth-order valence-corrected chi connectivity index (χ4v) is 5.57. The minimum atomic E-state index is -5.42. The van der Waals surface area contributed by atoms with Crippen molar-refractivity contribution >= 4 is 23.4 Å². The van der Waals surface area contributed by atoms with Crippen molar-refractivity contribution in [1.82, 2.24) is 4.90 Å². The molecule has 0 spiro atoms. The van der Waals surface area contributed by atoms with E-state index >= 15 is 0 Å². The molecule has 5 nitrogen and oxygen atoms in total. The maximum Gasteiger partial charge on any atom is 0.471 e. The van der Waals surface area contributed by atoms with E-state index in [0.29, 0.717) is 17.0 Å². The second-order valence-electron chi connectivity index (χ2n) is 8.68. The fourth-order valence-electron chi connectivity index (χ4n) is 5.57. The predicted octanol–water partition coefficient (Wildman–Crippen LogP) is 3.61. The largest absolute Gasteiger partial charge is 0.471 e. The molecule has 0 aromatic heterocycles. The Morgan fingerprint density at radius 2 is 1.53 bits per heavy atom. The molecule has 5 aliphatic rings. The van der Waals surface area contributed by atoms with Crippen LogP contribution in [0.4, 0.5) is 32.0 Å². The molecule has 4 aliphatic carbocycles. The van der Waals surface area contributed by atoms with Gasteiger partial charge in [-0.2, -0.15) is 26.3 Å². The van der Waals surface area contributed by atoms with Crippen LogP contribution in [0.15, 0.2) is 36.4 Å². The lowest BCUT2D eigenvalue weighted by molar-refractivity contribution is -0.171. The van der Waals surface area contributed by atoms with Crippen LogP contribution < -0.4 is 4.90 Å². The monoisotopic (exact) mass is 458 g/mol. The highest BCUT2D eigenvalue weighted by Crippen LogP contribution is 2.65. The van der Waals surface area contributed by atoms with Crippen molar-refractivity contribution in [3.63, 3.8) is 0 Å². The summed E-state index contributed by atoms with van der Waals surface area (Å²) in [6.45, 7) is -1.10. The molecule has 1 aromatic rings. The van der Waals surface area contributed by atoms with E-state index in [9.17, 15) is 40.7 Å². The average Bonchev–Trinajstić information content (AvgIpc) is 3.50. The number of nitrogens with zero attached hydrogens (tertiary/aromatic N) is 2. The molecule has 0 unspecified atom stereocenters. The molecule has 3 fully saturated rings. The van der Waals surface area contributed by atoms with E-state index in [1.54, 1.807) is 0 Å². The van der Waals surface area contributed by atoms with Crippen molar-refractivity contribution in [1.29, 1.82) is 0 Å². The van der Waals surface area contributed by atoms with Crippen molar-refractivity contribution in [3.05, 3.63) is 42.0 Å². The Hall–Kier alpha value is -2.85. The Labute approximate surface area is 177 Å². The number of hydrogen-bond donors (Lipinski definition) is 0. The third-order valence-electron chi connectivity index (χ3n) is 7.01. The van der Waals surface area contributed by atoms with Gasteiger partial charge in [0.15, 0.2) is 0 Å². The molecule has 32 heavy (non-hydrogen) atoms. The summed E-state index contributed by atoms with van der Waals surface area (Å²) in [5.74, 6) is -5.08. The summed E-state index contributed by atoms with van der Waals surface area (Å²) >= 11 is 0. The number of rotatable bonds is 3. The van der Waals surface area contributed by atoms with E-state index in [2.05, 4.69) is 0 Å². The van der Waals surface area contributed by atoms with Gasteiger partial charge in [-0.15, -0.1) is 0 Å². The van der Waals surface area contributed by atoms with Crippen LogP contribution in [0.25, 0.3) is 0 Å². The first-order valence-electron chi connectivity index (χ1n) is 9.99. The van der Waals surface area contributed by atoms with Gasteiger partial charge < -0.3 is 0 Å². The topological polar surface area (TPSA) is 57.7 Å². The Bertz CT molecular complexity index is 1010. The second-order valence-corrected chi connectivity index (χ2v) is 8.68. The number of carbonyl (C=O) groups is 3. The third kappa shape index (κ3) is 3.04. The van der Waals surface area contributed by atoms with E-state index in [-0.39, 0.29) is 28.6 Å². The van der Waals surface area contributed by atoms with Gasteiger partial charge in [0.05, 0.1) is 17.4 Å². The quantitative estimate of drug-likeness (QED) is 0.395. The van der Waals surface area contributed by atoms with E-state index in [4.69, 9.17) is 0 Å². The number of benzene rings is 1. The molecule has 1 heterocycles. The fraction of sp³-hybridized carbons (Fsp3) is 0.476. The molecular weight excluding hydrogens is 442 g/mol. The molecule has 0 N–H and O–H groups in total. The van der Waals surface area contributed by atoms with Gasteiger partial charge in [-0.25, -0.2) is 0 Å². The zero-order valence-corrected chi connectivity index (χ0v) is 16.2. The average molecular weight is 458 g/mol. The first kappa shape index (κ1) is 21.0. The van der Waals surface area contributed by atoms with Crippen molar-refractivity contribution < 1.29 is 40.7 Å². The molecule has 170 valence electrons. The van der Waals surface area contributed by atoms with Crippen molar-refractivity contribution in [3.8, 4) is 0 Å². The molecule has 1 saturated heterocycles. The number of likely N-dealkylation sites (tertiary alicyclic amines) is 1. The highest BCUT2D eigenvalue weighted by atomic mass is 19.4. The minimum absolute atomic E-state index is 0.0123. The summed E-state index contributed by atoms with van der Waals surface area (Å²) in [7, 11) is 0. The zero-order valence-electron chi connectivity index (χ0n) is 16.2. The van der Waals surface area contributed by atoms with Crippen LogP contribution in [0.3, 0.4) is 0 Å². The van der Waals surface area contributed by atoms with E-state index in [1.165, 1.54) is 0 Å². The molecule has 2 bridgehead atoms. The Kier molecular flexibility index (Phi) is 4.32. The van der Waals surface area contributed by atoms with Gasteiger partial charge in [0.1, 0.15) is 6.67 Å². The maximum atomic E-state index is 13.3. The summed E-state index contributed by atoms with van der Waals surface area (Å²) in [4.78, 5) is 38.8. The molecule has 1 aromatic carbocycles. The van der Waals surface area contributed by atoms with Crippen LogP contribution in [-0.2, 0) is 20.6 Å². The molecular formula is C21H16F6N2O3. The van der Waals surface area contributed by atoms with E-state index in [1.807, 2.05) is 12.2 Å². The van der Waals surface area contributed by atoms with Gasteiger partial charge in [-0.05, 0) is 48.3 Å². The van der Waals surface area contributed by atoms with Gasteiger partial charge in [-0.3, -0.25) is 24.2 Å². The molecule has 2 saturated carbocycles. The van der Waals surface area contributed by atoms with Crippen LogP contribution >= 0.6 is 0 Å². The van der Waals surface area contributed by atoms with Crippen molar-refractivity contribution in [2.45, 2.75) is 18.8 Å². The molecule has 3 amide bonds. The van der Waals surface area contributed by atoms with Gasteiger partial charge >= 0.3 is 18.3 Å². The smallest absolute Gasteiger partial charge is 0.286 e. The normalized spacial score (nSPS) is 32.8. The number of imide groups is 1. The number of hydrogen-bond acceptors (Lipinski definition) is 3. The Morgan fingerprint density at radius 1 is 0.969 bits per heavy atom. The Morgan fingerprint density at radius 3 is 2.03 bits per heavy atom. The first-order valence-corrected chi connectivity index (χ1v) is 9.99. The van der Waals surface area contributed by atoms with Crippen LogP contribution in [0.5, 0.6) is 0 Å². The third-order valence-corrected chi connectivity index (χ3v) is 7.01. The molecule has 11 heteroatoms. The summed E-state index contributed by atoms with van der Waals surface area (Å²) in [5.41, 5.74) is -1.97. The summed E-state index contributed by atoms with van der Waals surface area (Å²) in [5, 5.41) is 0. The van der Waals surface area contributed by atoms with Gasteiger partial charge in [0.2, 0.25) is 11.8 Å². The highest BCUT2D eigenvalue weighted by molar-refractivity contribution is 6.07. The molecule has 6 atom stereocenters. The standard InChI is InChI=1S/C21H16F6N2O3/c22-20(23,24)9-2-1-3-10(6-9)28(19(32)21(25,26)27)8-29-17(30)15-11-4-5-12(14-7-13(11)14)16(15)18(29)31/h1-6,11-16H,7-8H2/t11-,12+,13-,14-,15+,16+/m1/s1. The highest BCUT2D eigenvalue weighted by Gasteiger charge is 2.67. The number of carbonyl (C=O) groups excluding carboxylic acids is 3. The van der Waals surface area contributed by atoms with Gasteiger partial charge in [-0.1, -0.05) is 18.2 Å². The number of amides is 3. The molecule has 0 radical (unpaired) electrons. The van der Waals surface area contributed by atoms with E-state index in [0.717, 1.165) is 18.6 Å². The van der Waals surface area contributed by atoms with Gasteiger partial charge in [0.25, 0.3) is 0 Å².